The van der Waals surface area contributed by atoms with Gasteiger partial charge in [0, 0.05) is 0 Å². The Kier molecular flexibility index (Phi) is 3.77. The molecule has 0 amide bonds. The molecule has 0 bridgehead atoms. The van der Waals surface area contributed by atoms with E-state index < -0.39 is 12.3 Å². The van der Waals surface area contributed by atoms with Crippen LogP contribution in [0.5, 0.6) is 0 Å². The van der Waals surface area contributed by atoms with Crippen LogP contribution >= 0.6 is 0 Å². The van der Waals surface area contributed by atoms with E-state index in [-0.39, 0.29) is 0 Å². The van der Waals surface area contributed by atoms with Gasteiger partial charge in [0.05, 0.1) is 6.04 Å². The molecule has 3 heteroatoms. The number of rotatable bonds is 3. The molecule has 0 aliphatic rings. The SMILES string of the molecule is CCC[C@H](N)C(O)O. The standard InChI is InChI=1S/C5H13NO2/c1-2-3-4(6)5(7)8/h4-5,7-8H,2-3,6H2,1H3/t4-/m0/s1. The van der Waals surface area contributed by atoms with E-state index in [0.717, 1.165) is 6.42 Å². The molecule has 3 nitrogen and oxygen atoms in total. The molecule has 0 saturated heterocycles. The van der Waals surface area contributed by atoms with Gasteiger partial charge in [-0.1, -0.05) is 13.3 Å². The van der Waals surface area contributed by atoms with E-state index in [2.05, 4.69) is 0 Å². The van der Waals surface area contributed by atoms with Crippen molar-refractivity contribution in [2.24, 2.45) is 5.73 Å². The molecule has 0 aromatic heterocycles. The van der Waals surface area contributed by atoms with Gasteiger partial charge >= 0.3 is 0 Å². The van der Waals surface area contributed by atoms with Crippen molar-refractivity contribution < 1.29 is 10.2 Å². The maximum Gasteiger partial charge on any atom is 0.166 e. The van der Waals surface area contributed by atoms with Crippen molar-refractivity contribution >= 4 is 0 Å². The molecule has 50 valence electrons. The van der Waals surface area contributed by atoms with Gasteiger partial charge in [0.2, 0.25) is 0 Å². The van der Waals surface area contributed by atoms with Gasteiger partial charge in [0.1, 0.15) is 0 Å². The molecular weight excluding hydrogens is 106 g/mol. The van der Waals surface area contributed by atoms with E-state index in [4.69, 9.17) is 15.9 Å². The summed E-state index contributed by atoms with van der Waals surface area (Å²) in [7, 11) is 0. The molecule has 1 atom stereocenters. The zero-order valence-corrected chi connectivity index (χ0v) is 5.04. The van der Waals surface area contributed by atoms with Gasteiger partial charge in [-0.25, -0.2) is 0 Å². The monoisotopic (exact) mass is 119 g/mol. The average molecular weight is 119 g/mol. The molecule has 0 aromatic rings. The molecule has 0 heterocycles. The van der Waals surface area contributed by atoms with Crippen LogP contribution in [0.15, 0.2) is 0 Å². The topological polar surface area (TPSA) is 66.5 Å². The van der Waals surface area contributed by atoms with Crippen molar-refractivity contribution in [2.75, 3.05) is 0 Å². The Labute approximate surface area is 49.1 Å². The molecule has 0 aliphatic carbocycles. The fraction of sp³-hybridized carbons (Fsp3) is 1.00. The number of hydrogen-bond acceptors (Lipinski definition) is 3. The summed E-state index contributed by atoms with van der Waals surface area (Å²) in [6, 6.07) is -0.472. The van der Waals surface area contributed by atoms with Crippen LogP contribution in [0, 0.1) is 0 Å². The predicted molar refractivity (Wildman–Crippen MR) is 31.1 cm³/mol. The van der Waals surface area contributed by atoms with Crippen molar-refractivity contribution in [3.05, 3.63) is 0 Å². The van der Waals surface area contributed by atoms with Crippen LogP contribution in [0.2, 0.25) is 0 Å². The highest BCUT2D eigenvalue weighted by molar-refractivity contribution is 4.60. The Morgan fingerprint density at radius 3 is 2.12 bits per heavy atom. The second-order valence-electron chi connectivity index (χ2n) is 1.87. The summed E-state index contributed by atoms with van der Waals surface area (Å²) >= 11 is 0. The van der Waals surface area contributed by atoms with E-state index in [1.54, 1.807) is 0 Å². The Morgan fingerprint density at radius 2 is 2.00 bits per heavy atom. The van der Waals surface area contributed by atoms with Crippen LogP contribution in [0.4, 0.5) is 0 Å². The van der Waals surface area contributed by atoms with Gasteiger partial charge < -0.3 is 15.9 Å². The van der Waals surface area contributed by atoms with E-state index >= 15 is 0 Å². The normalized spacial score (nSPS) is 14.6. The summed E-state index contributed by atoms with van der Waals surface area (Å²) in [5, 5.41) is 16.8. The summed E-state index contributed by atoms with van der Waals surface area (Å²) in [5.74, 6) is 0. The quantitative estimate of drug-likeness (QED) is 0.436. The summed E-state index contributed by atoms with van der Waals surface area (Å²) in [6.45, 7) is 1.95. The highest BCUT2D eigenvalue weighted by atomic mass is 16.5. The molecule has 0 radical (unpaired) electrons. The van der Waals surface area contributed by atoms with Crippen LogP contribution in [0.3, 0.4) is 0 Å². The molecular formula is C5H13NO2. The minimum Gasteiger partial charge on any atom is -0.367 e. The lowest BCUT2D eigenvalue weighted by atomic mass is 10.2. The third kappa shape index (κ3) is 2.96. The third-order valence-electron chi connectivity index (χ3n) is 1.00. The molecule has 4 N–H and O–H groups in total. The average Bonchev–Trinajstić information content (AvgIpc) is 1.67. The van der Waals surface area contributed by atoms with E-state index in [1.807, 2.05) is 6.92 Å². The van der Waals surface area contributed by atoms with Gasteiger partial charge in [0.25, 0.3) is 0 Å². The molecule has 8 heavy (non-hydrogen) atoms. The first-order chi connectivity index (χ1) is 3.68. The molecule has 0 aliphatic heterocycles. The number of aliphatic hydroxyl groups is 2. The summed E-state index contributed by atoms with van der Waals surface area (Å²) in [6.07, 6.45) is 0.200. The summed E-state index contributed by atoms with van der Waals surface area (Å²) in [4.78, 5) is 0. The Morgan fingerprint density at radius 1 is 1.50 bits per heavy atom. The first-order valence-electron chi connectivity index (χ1n) is 2.80. The van der Waals surface area contributed by atoms with Crippen LogP contribution < -0.4 is 5.73 Å². The lowest BCUT2D eigenvalue weighted by Gasteiger charge is -2.10. The number of hydrogen-bond donors (Lipinski definition) is 3. The second-order valence-corrected chi connectivity index (χ2v) is 1.87. The third-order valence-corrected chi connectivity index (χ3v) is 1.00. The molecule has 0 saturated carbocycles. The highest BCUT2D eigenvalue weighted by Crippen LogP contribution is 1.95. The van der Waals surface area contributed by atoms with Gasteiger partial charge in [-0.15, -0.1) is 0 Å². The van der Waals surface area contributed by atoms with Crippen molar-refractivity contribution in [1.29, 1.82) is 0 Å². The summed E-state index contributed by atoms with van der Waals surface area (Å²) < 4.78 is 0. The number of aliphatic hydroxyl groups excluding tert-OH is 1. The maximum absolute atomic E-state index is 8.38. The summed E-state index contributed by atoms with van der Waals surface area (Å²) in [5.41, 5.74) is 5.23. The fourth-order valence-corrected chi connectivity index (χ4v) is 0.482. The van der Waals surface area contributed by atoms with Crippen LogP contribution in [-0.2, 0) is 0 Å². The Balaban J connectivity index is 3.17. The van der Waals surface area contributed by atoms with Crippen molar-refractivity contribution in [1.82, 2.24) is 0 Å². The molecule has 0 rings (SSSR count). The van der Waals surface area contributed by atoms with E-state index in [9.17, 15) is 0 Å². The van der Waals surface area contributed by atoms with Gasteiger partial charge in [0.15, 0.2) is 6.29 Å². The lowest BCUT2D eigenvalue weighted by Crippen LogP contribution is -2.33. The zero-order chi connectivity index (χ0) is 6.57. The minimum absolute atomic E-state index is 0.472. The fourth-order valence-electron chi connectivity index (χ4n) is 0.482. The van der Waals surface area contributed by atoms with Crippen LogP contribution in [0.1, 0.15) is 19.8 Å². The first-order valence-corrected chi connectivity index (χ1v) is 2.80. The lowest BCUT2D eigenvalue weighted by molar-refractivity contribution is -0.0596. The van der Waals surface area contributed by atoms with Crippen molar-refractivity contribution in [3.63, 3.8) is 0 Å². The molecule has 0 unspecified atom stereocenters. The van der Waals surface area contributed by atoms with Gasteiger partial charge in [-0.2, -0.15) is 0 Å². The number of nitrogens with two attached hydrogens (primary N) is 1. The predicted octanol–water partition coefficient (Wildman–Crippen LogP) is -0.575. The Bertz CT molecular complexity index is 56.4. The van der Waals surface area contributed by atoms with Gasteiger partial charge in [-0.05, 0) is 6.42 Å². The maximum atomic E-state index is 8.38. The largest absolute Gasteiger partial charge is 0.367 e. The van der Waals surface area contributed by atoms with Crippen LogP contribution in [-0.4, -0.2) is 22.5 Å². The highest BCUT2D eigenvalue weighted by Gasteiger charge is 2.07. The molecule has 0 aromatic carbocycles. The molecule has 0 spiro atoms. The van der Waals surface area contributed by atoms with E-state index in [0.29, 0.717) is 6.42 Å². The smallest absolute Gasteiger partial charge is 0.166 e. The van der Waals surface area contributed by atoms with E-state index in [1.165, 1.54) is 0 Å². The zero-order valence-electron chi connectivity index (χ0n) is 5.04. The molecule has 0 fully saturated rings. The first kappa shape index (κ1) is 7.88. The van der Waals surface area contributed by atoms with Gasteiger partial charge in [-0.3, -0.25) is 0 Å². The van der Waals surface area contributed by atoms with Crippen LogP contribution in [0.25, 0.3) is 0 Å². The Hall–Kier alpha value is -0.120. The van der Waals surface area contributed by atoms with Crippen molar-refractivity contribution in [2.45, 2.75) is 32.1 Å². The second kappa shape index (κ2) is 3.83. The minimum atomic E-state index is -1.35. The van der Waals surface area contributed by atoms with Crippen molar-refractivity contribution in [3.8, 4) is 0 Å².